The third-order valence-corrected chi connectivity index (χ3v) is 18.6. The van der Waals surface area contributed by atoms with Gasteiger partial charge in [0.05, 0.1) is 50.2 Å². The maximum Gasteiger partial charge on any atom is 0.137 e. The van der Waals surface area contributed by atoms with Crippen molar-refractivity contribution in [2.45, 2.75) is 31.6 Å². The Balaban J connectivity index is 0.875. The summed E-state index contributed by atoms with van der Waals surface area (Å²) in [7, 11) is 0. The molecule has 0 radical (unpaired) electrons. The van der Waals surface area contributed by atoms with Gasteiger partial charge in [0.1, 0.15) is 24.0 Å². The average molecular weight is 1140 g/mol. The minimum atomic E-state index is -0.631. The summed E-state index contributed by atoms with van der Waals surface area (Å²) in [6.07, 6.45) is 1.94. The van der Waals surface area contributed by atoms with Crippen molar-refractivity contribution in [3.8, 4) is 56.4 Å². The van der Waals surface area contributed by atoms with E-state index in [-0.39, 0.29) is 5.41 Å². The Morgan fingerprint density at radius 3 is 1.46 bits per heavy atom. The van der Waals surface area contributed by atoms with Crippen molar-refractivity contribution in [2.75, 3.05) is 16.5 Å². The Labute approximate surface area is 518 Å². The van der Waals surface area contributed by atoms with Crippen molar-refractivity contribution < 1.29 is 4.74 Å². The third kappa shape index (κ3) is 8.28. The number of ether oxygens (including phenoxy) is 1. The van der Waals surface area contributed by atoms with E-state index in [2.05, 4.69) is 337 Å². The first kappa shape index (κ1) is 52.1. The second-order valence-electron chi connectivity index (χ2n) is 24.7. The van der Waals surface area contributed by atoms with E-state index < -0.39 is 5.41 Å². The van der Waals surface area contributed by atoms with Gasteiger partial charge in [-0.05, 0) is 128 Å². The van der Waals surface area contributed by atoms with Gasteiger partial charge >= 0.3 is 0 Å². The van der Waals surface area contributed by atoms with Crippen LogP contribution < -0.4 is 14.5 Å². The molecule has 0 amide bonds. The van der Waals surface area contributed by atoms with E-state index in [1.165, 1.54) is 49.7 Å². The first-order valence-electron chi connectivity index (χ1n) is 30.8. The smallest absolute Gasteiger partial charge is 0.137 e. The first-order valence-corrected chi connectivity index (χ1v) is 30.8. The third-order valence-electron chi connectivity index (χ3n) is 18.6. The molecule has 424 valence electrons. The Morgan fingerprint density at radius 2 is 0.865 bits per heavy atom. The SMILES string of the molecule is CC(C)(C)c1ccnc(-n2c3ccccc3c3ccc(Oc4cc(N5CN(c6c(-c7ccccc7)cc(C7(c8ccccc8)c8ccccc8-c8ccccc87)cc6-c6ccccc6)c6ccccc65)cc(-n5c6ccccc6c6ccccc65)c4)cc32)c1. The molecule has 89 heavy (non-hydrogen) atoms. The summed E-state index contributed by atoms with van der Waals surface area (Å²) < 4.78 is 12.0. The monoisotopic (exact) mass is 1140 g/mol. The second kappa shape index (κ2) is 20.5. The highest BCUT2D eigenvalue weighted by Gasteiger charge is 2.47. The minimum Gasteiger partial charge on any atom is -0.457 e. The van der Waals surface area contributed by atoms with Crippen LogP contribution >= 0.6 is 0 Å². The molecule has 6 nitrogen and oxygen atoms in total. The topological polar surface area (TPSA) is 38.5 Å². The molecular formula is C83H61N5O. The van der Waals surface area contributed by atoms with Crippen LogP contribution in [-0.4, -0.2) is 20.8 Å². The molecule has 0 saturated heterocycles. The molecular weight excluding hydrogens is 1080 g/mol. The highest BCUT2D eigenvalue weighted by atomic mass is 16.5. The van der Waals surface area contributed by atoms with E-state index in [1.807, 2.05) is 6.20 Å². The van der Waals surface area contributed by atoms with E-state index >= 15 is 0 Å². The van der Waals surface area contributed by atoms with Crippen LogP contribution in [0.4, 0.5) is 22.7 Å². The van der Waals surface area contributed by atoms with Gasteiger partial charge in [-0.1, -0.05) is 227 Å². The summed E-state index contributed by atoms with van der Waals surface area (Å²) in [5.41, 5.74) is 22.3. The fourth-order valence-corrected chi connectivity index (χ4v) is 14.7. The summed E-state index contributed by atoms with van der Waals surface area (Å²) in [5.74, 6) is 2.31. The van der Waals surface area contributed by atoms with Gasteiger partial charge in [-0.2, -0.15) is 0 Å². The highest BCUT2D eigenvalue weighted by molar-refractivity contribution is 6.11. The van der Waals surface area contributed by atoms with Crippen molar-refractivity contribution in [3.63, 3.8) is 0 Å². The molecule has 0 bridgehead atoms. The summed E-state index contributed by atoms with van der Waals surface area (Å²) in [4.78, 5) is 10.0. The van der Waals surface area contributed by atoms with E-state index in [4.69, 9.17) is 9.72 Å². The number of para-hydroxylation sites is 5. The van der Waals surface area contributed by atoms with Crippen LogP contribution in [0.3, 0.4) is 0 Å². The van der Waals surface area contributed by atoms with Crippen LogP contribution in [-0.2, 0) is 10.8 Å². The van der Waals surface area contributed by atoms with Crippen molar-refractivity contribution in [1.82, 2.24) is 14.1 Å². The number of rotatable bonds is 10. The van der Waals surface area contributed by atoms with Crippen LogP contribution in [0.2, 0.25) is 0 Å². The maximum absolute atomic E-state index is 7.34. The Kier molecular flexibility index (Phi) is 12.0. The zero-order valence-corrected chi connectivity index (χ0v) is 49.7. The molecule has 3 aromatic heterocycles. The number of anilines is 4. The van der Waals surface area contributed by atoms with Crippen LogP contribution in [0, 0.1) is 0 Å². The molecule has 17 rings (SSSR count). The fourth-order valence-electron chi connectivity index (χ4n) is 14.7. The van der Waals surface area contributed by atoms with Crippen molar-refractivity contribution in [3.05, 3.63) is 331 Å². The molecule has 4 heterocycles. The number of benzene rings is 12. The van der Waals surface area contributed by atoms with Crippen molar-refractivity contribution in [1.29, 1.82) is 0 Å². The summed E-state index contributed by atoms with van der Waals surface area (Å²) >= 11 is 0. The number of hydrogen-bond donors (Lipinski definition) is 0. The van der Waals surface area contributed by atoms with Gasteiger partial charge in [0.15, 0.2) is 0 Å². The quantitative estimate of drug-likeness (QED) is 0.137. The number of nitrogens with zero attached hydrogens (tertiary/aromatic N) is 5. The molecule has 0 atom stereocenters. The predicted octanol–water partition coefficient (Wildman–Crippen LogP) is 21.3. The molecule has 0 spiro atoms. The Bertz CT molecular complexity index is 5110. The van der Waals surface area contributed by atoms with Crippen molar-refractivity contribution >= 4 is 66.4 Å². The lowest BCUT2D eigenvalue weighted by atomic mass is 9.66. The Hall–Kier alpha value is -11.2. The molecule has 0 fully saturated rings. The zero-order chi connectivity index (χ0) is 59.4. The number of aromatic nitrogens is 3. The van der Waals surface area contributed by atoms with Crippen molar-refractivity contribution in [2.24, 2.45) is 0 Å². The summed E-state index contributed by atoms with van der Waals surface area (Å²) in [5, 5.41) is 4.69. The van der Waals surface area contributed by atoms with E-state index in [9.17, 15) is 0 Å². The summed E-state index contributed by atoms with van der Waals surface area (Å²) in [6, 6.07) is 109. The first-order chi connectivity index (χ1) is 43.8. The Morgan fingerprint density at radius 1 is 0.371 bits per heavy atom. The van der Waals surface area contributed by atoms with Gasteiger partial charge in [-0.25, -0.2) is 4.98 Å². The van der Waals surface area contributed by atoms with Crippen LogP contribution in [0.25, 0.3) is 88.5 Å². The molecule has 12 aromatic carbocycles. The van der Waals surface area contributed by atoms with Crippen LogP contribution in [0.15, 0.2) is 303 Å². The van der Waals surface area contributed by atoms with Gasteiger partial charge < -0.3 is 19.1 Å². The largest absolute Gasteiger partial charge is 0.457 e. The lowest BCUT2D eigenvalue weighted by Crippen LogP contribution is -2.29. The maximum atomic E-state index is 7.34. The minimum absolute atomic E-state index is 0.0578. The van der Waals surface area contributed by atoms with Gasteiger partial charge in [0, 0.05) is 62.8 Å². The molecule has 1 aliphatic carbocycles. The van der Waals surface area contributed by atoms with E-state index in [1.54, 1.807) is 0 Å². The molecule has 0 saturated carbocycles. The molecule has 6 heteroatoms. The zero-order valence-electron chi connectivity index (χ0n) is 49.7. The predicted molar refractivity (Wildman–Crippen MR) is 368 cm³/mol. The van der Waals surface area contributed by atoms with E-state index in [0.29, 0.717) is 12.4 Å². The van der Waals surface area contributed by atoms with Gasteiger partial charge in [0.25, 0.3) is 0 Å². The molecule has 0 N–H and O–H groups in total. The van der Waals surface area contributed by atoms with Gasteiger partial charge in [-0.3, -0.25) is 4.57 Å². The number of pyridine rings is 1. The normalized spacial score (nSPS) is 13.3. The fraction of sp³-hybridized carbons (Fsp3) is 0.0723. The lowest BCUT2D eigenvalue weighted by molar-refractivity contribution is 0.483. The molecule has 0 unspecified atom stereocenters. The van der Waals surface area contributed by atoms with Crippen LogP contribution in [0.1, 0.15) is 48.6 Å². The average Bonchev–Trinajstić information content (AvgIpc) is 1.63. The van der Waals surface area contributed by atoms with Gasteiger partial charge in [-0.15, -0.1) is 0 Å². The molecule has 15 aromatic rings. The number of hydrogen-bond acceptors (Lipinski definition) is 4. The van der Waals surface area contributed by atoms with Gasteiger partial charge in [0.2, 0.25) is 0 Å². The van der Waals surface area contributed by atoms with E-state index in [0.717, 1.165) is 95.1 Å². The molecule has 2 aliphatic rings. The van der Waals surface area contributed by atoms with Crippen LogP contribution in [0.5, 0.6) is 11.5 Å². The lowest BCUT2D eigenvalue weighted by Gasteiger charge is -2.36. The standard InChI is InChI=1S/C83H61N5O/c1-82(2,3)58-45-46-84-80(49-58)88-76-40-22-17-35-68(76)69-44-43-62(53-79(69)88)89-63-51-60(50-61(52-63)87-74-38-20-15-33-66(74)67-34-16-21-39-75(67)87)85-54-86(78-42-24-23-41-77(78)85)81-70(55-25-7-4-8-26-55)47-59(48-71(81)56-27-9-5-10-28-56)83(57-29-11-6-12-30-57)72-36-18-13-31-64(72)65-32-14-19-37-73(65)83/h4-53H,54H2,1-3H3. The number of fused-ring (bicyclic) bond motifs is 10. The second-order valence-corrected chi connectivity index (χ2v) is 24.7. The highest BCUT2D eigenvalue weighted by Crippen LogP contribution is 2.59. The molecule has 1 aliphatic heterocycles. The summed E-state index contributed by atoms with van der Waals surface area (Å²) in [6.45, 7) is 7.26.